The lowest BCUT2D eigenvalue weighted by atomic mass is 9.80. The van der Waals surface area contributed by atoms with Crippen molar-refractivity contribution in [2.45, 2.75) is 25.4 Å². The number of ether oxygens (including phenoxy) is 2. The van der Waals surface area contributed by atoms with Gasteiger partial charge in [0.25, 0.3) is 0 Å². The molecule has 2 atom stereocenters. The standard InChI is InChI=1S/C21H21NO5/c1-21(15-7-8-17-18(11-15)27-10-9-26-17)16(20(24)25)12-19(23)22(21)13-14-5-3-2-4-6-14/h2-8,11,16H,9-10,12-13H2,1H3,(H,24,25). The van der Waals surface area contributed by atoms with Gasteiger partial charge < -0.3 is 19.5 Å². The van der Waals surface area contributed by atoms with Crippen LogP contribution in [0.25, 0.3) is 0 Å². The Hall–Kier alpha value is -3.02. The van der Waals surface area contributed by atoms with Crippen LogP contribution in [-0.2, 0) is 21.7 Å². The molecular weight excluding hydrogens is 346 g/mol. The zero-order valence-electron chi connectivity index (χ0n) is 15.1. The van der Waals surface area contributed by atoms with Gasteiger partial charge >= 0.3 is 5.97 Å². The molecule has 1 N–H and O–H groups in total. The number of aliphatic carboxylic acids is 1. The van der Waals surface area contributed by atoms with Crippen LogP contribution < -0.4 is 9.47 Å². The number of benzene rings is 2. The molecule has 2 aliphatic rings. The number of fused-ring (bicyclic) bond motifs is 1. The Morgan fingerprint density at radius 2 is 1.85 bits per heavy atom. The summed E-state index contributed by atoms with van der Waals surface area (Å²) >= 11 is 0. The highest BCUT2D eigenvalue weighted by Crippen LogP contribution is 2.47. The van der Waals surface area contributed by atoms with Crippen molar-refractivity contribution in [3.8, 4) is 11.5 Å². The van der Waals surface area contributed by atoms with Gasteiger partial charge in [-0.1, -0.05) is 36.4 Å². The molecule has 2 aromatic rings. The highest BCUT2D eigenvalue weighted by molar-refractivity contribution is 5.88. The first-order chi connectivity index (χ1) is 13.0. The molecule has 0 spiro atoms. The maximum Gasteiger partial charge on any atom is 0.309 e. The Balaban J connectivity index is 1.78. The fraction of sp³-hybridized carbons (Fsp3) is 0.333. The third-order valence-corrected chi connectivity index (χ3v) is 5.53. The van der Waals surface area contributed by atoms with Crippen LogP contribution in [0.3, 0.4) is 0 Å². The van der Waals surface area contributed by atoms with Crippen molar-refractivity contribution in [3.05, 3.63) is 59.7 Å². The summed E-state index contributed by atoms with van der Waals surface area (Å²) < 4.78 is 11.2. The van der Waals surface area contributed by atoms with Crippen molar-refractivity contribution in [2.75, 3.05) is 13.2 Å². The largest absolute Gasteiger partial charge is 0.486 e. The Morgan fingerprint density at radius 3 is 2.56 bits per heavy atom. The zero-order chi connectivity index (χ0) is 19.0. The van der Waals surface area contributed by atoms with Gasteiger partial charge in [0.1, 0.15) is 13.2 Å². The smallest absolute Gasteiger partial charge is 0.309 e. The molecule has 1 saturated heterocycles. The summed E-state index contributed by atoms with van der Waals surface area (Å²) in [5, 5.41) is 9.82. The SMILES string of the molecule is CC1(c2ccc3c(c2)OCCO3)C(C(=O)O)CC(=O)N1Cc1ccccc1. The number of carboxylic acids is 1. The van der Waals surface area contributed by atoms with Crippen LogP contribution in [0.4, 0.5) is 0 Å². The van der Waals surface area contributed by atoms with Gasteiger partial charge in [0, 0.05) is 13.0 Å². The number of carbonyl (C=O) groups excluding carboxylic acids is 1. The number of carboxylic acid groups (broad SMARTS) is 1. The number of nitrogens with zero attached hydrogens (tertiary/aromatic N) is 1. The van der Waals surface area contributed by atoms with Crippen molar-refractivity contribution in [1.82, 2.24) is 4.90 Å². The van der Waals surface area contributed by atoms with E-state index < -0.39 is 17.4 Å². The summed E-state index contributed by atoms with van der Waals surface area (Å²) in [6.45, 7) is 3.11. The number of hydrogen-bond acceptors (Lipinski definition) is 4. The van der Waals surface area contributed by atoms with Gasteiger partial charge in [-0.05, 0) is 30.2 Å². The number of likely N-dealkylation sites (tertiary alicyclic amines) is 1. The van der Waals surface area contributed by atoms with Crippen LogP contribution in [0.15, 0.2) is 48.5 Å². The van der Waals surface area contributed by atoms with E-state index in [4.69, 9.17) is 9.47 Å². The third-order valence-electron chi connectivity index (χ3n) is 5.53. The average molecular weight is 367 g/mol. The molecule has 0 saturated carbocycles. The van der Waals surface area contributed by atoms with Gasteiger partial charge in [-0.15, -0.1) is 0 Å². The van der Waals surface area contributed by atoms with E-state index in [9.17, 15) is 14.7 Å². The zero-order valence-corrected chi connectivity index (χ0v) is 15.1. The highest BCUT2D eigenvalue weighted by Gasteiger charge is 2.54. The lowest BCUT2D eigenvalue weighted by Crippen LogP contribution is -2.45. The summed E-state index contributed by atoms with van der Waals surface area (Å²) in [5.74, 6) is -0.751. The molecule has 0 aromatic heterocycles. The number of amides is 1. The van der Waals surface area contributed by atoms with Crippen molar-refractivity contribution < 1.29 is 24.2 Å². The molecule has 2 aromatic carbocycles. The number of carbonyl (C=O) groups is 2. The van der Waals surface area contributed by atoms with Crippen LogP contribution >= 0.6 is 0 Å². The summed E-state index contributed by atoms with van der Waals surface area (Å²) in [7, 11) is 0. The fourth-order valence-electron chi connectivity index (χ4n) is 3.99. The van der Waals surface area contributed by atoms with E-state index in [0.29, 0.717) is 31.3 Å². The van der Waals surface area contributed by atoms with Crippen LogP contribution in [0.5, 0.6) is 11.5 Å². The quantitative estimate of drug-likeness (QED) is 0.899. The minimum Gasteiger partial charge on any atom is -0.486 e. The summed E-state index contributed by atoms with van der Waals surface area (Å²) in [6.07, 6.45) is -0.0207. The second kappa shape index (κ2) is 6.61. The topological polar surface area (TPSA) is 76.1 Å². The van der Waals surface area contributed by atoms with Crippen LogP contribution in [-0.4, -0.2) is 35.1 Å². The van der Waals surface area contributed by atoms with Crippen LogP contribution in [0, 0.1) is 5.92 Å². The maximum absolute atomic E-state index is 12.8. The summed E-state index contributed by atoms with van der Waals surface area (Å²) in [6, 6.07) is 15.0. The molecule has 6 nitrogen and oxygen atoms in total. The third kappa shape index (κ3) is 2.91. The van der Waals surface area contributed by atoms with Crippen molar-refractivity contribution in [2.24, 2.45) is 5.92 Å². The monoisotopic (exact) mass is 367 g/mol. The van der Waals surface area contributed by atoms with E-state index in [1.165, 1.54) is 0 Å². The molecule has 0 aliphatic carbocycles. The number of rotatable bonds is 4. The molecule has 4 rings (SSSR count). The van der Waals surface area contributed by atoms with Crippen molar-refractivity contribution in [3.63, 3.8) is 0 Å². The molecule has 0 bridgehead atoms. The lowest BCUT2D eigenvalue weighted by Gasteiger charge is -2.39. The average Bonchev–Trinajstić information content (AvgIpc) is 2.94. The normalized spacial score (nSPS) is 24.1. The first kappa shape index (κ1) is 17.4. The van der Waals surface area contributed by atoms with Crippen molar-refractivity contribution in [1.29, 1.82) is 0 Å². The summed E-state index contributed by atoms with van der Waals surface area (Å²) in [4.78, 5) is 26.4. The van der Waals surface area contributed by atoms with Crippen molar-refractivity contribution >= 4 is 11.9 Å². The van der Waals surface area contributed by atoms with E-state index in [2.05, 4.69) is 0 Å². The van der Waals surface area contributed by atoms with E-state index in [-0.39, 0.29) is 12.3 Å². The molecule has 140 valence electrons. The fourth-order valence-corrected chi connectivity index (χ4v) is 3.99. The molecule has 2 heterocycles. The predicted octanol–water partition coefficient (Wildman–Crippen LogP) is 2.81. The van der Waals surface area contributed by atoms with Crippen LogP contribution in [0.2, 0.25) is 0 Å². The minimum atomic E-state index is -0.978. The van der Waals surface area contributed by atoms with Gasteiger partial charge in [-0.2, -0.15) is 0 Å². The maximum atomic E-state index is 12.8. The van der Waals surface area contributed by atoms with Gasteiger partial charge in [0.05, 0.1) is 11.5 Å². The Morgan fingerprint density at radius 1 is 1.15 bits per heavy atom. The molecule has 6 heteroatoms. The van der Waals surface area contributed by atoms with Gasteiger partial charge in [0.15, 0.2) is 11.5 Å². The lowest BCUT2D eigenvalue weighted by molar-refractivity contribution is -0.145. The molecular formula is C21H21NO5. The Labute approximate surface area is 157 Å². The Kier molecular flexibility index (Phi) is 4.26. The molecule has 0 radical (unpaired) electrons. The molecule has 1 amide bonds. The highest BCUT2D eigenvalue weighted by atomic mass is 16.6. The minimum absolute atomic E-state index is 0.0207. The first-order valence-corrected chi connectivity index (χ1v) is 8.97. The van der Waals surface area contributed by atoms with Crippen LogP contribution in [0.1, 0.15) is 24.5 Å². The first-order valence-electron chi connectivity index (χ1n) is 8.97. The van der Waals surface area contributed by atoms with E-state index in [0.717, 1.165) is 11.1 Å². The second-order valence-corrected chi connectivity index (χ2v) is 7.07. The number of hydrogen-bond donors (Lipinski definition) is 1. The van der Waals surface area contributed by atoms with Gasteiger partial charge in [-0.25, -0.2) is 0 Å². The molecule has 2 unspecified atom stereocenters. The predicted molar refractivity (Wildman–Crippen MR) is 97.5 cm³/mol. The molecule has 1 fully saturated rings. The molecule has 27 heavy (non-hydrogen) atoms. The van der Waals surface area contributed by atoms with E-state index in [1.807, 2.05) is 43.3 Å². The molecule has 2 aliphatic heterocycles. The van der Waals surface area contributed by atoms with E-state index in [1.54, 1.807) is 17.0 Å². The van der Waals surface area contributed by atoms with Gasteiger partial charge in [0.2, 0.25) is 5.91 Å². The Bertz CT molecular complexity index is 881. The summed E-state index contributed by atoms with van der Waals surface area (Å²) in [5.41, 5.74) is 0.718. The van der Waals surface area contributed by atoms with E-state index >= 15 is 0 Å². The second-order valence-electron chi connectivity index (χ2n) is 7.07. The van der Waals surface area contributed by atoms with Gasteiger partial charge in [-0.3, -0.25) is 9.59 Å².